The second kappa shape index (κ2) is 5.67. The molecule has 21 heavy (non-hydrogen) atoms. The number of amides is 1. The molecule has 0 aromatic rings. The minimum atomic E-state index is -3.52. The van der Waals surface area contributed by atoms with Crippen molar-refractivity contribution in [2.75, 3.05) is 26.2 Å². The van der Waals surface area contributed by atoms with Gasteiger partial charge in [0.25, 0.3) is 5.91 Å². The molecule has 1 unspecified atom stereocenters. The van der Waals surface area contributed by atoms with Crippen LogP contribution >= 0.6 is 0 Å². The molecule has 1 saturated heterocycles. The van der Waals surface area contributed by atoms with E-state index in [0.717, 1.165) is 13.0 Å². The summed E-state index contributed by atoms with van der Waals surface area (Å²) in [5, 5.41) is 2.39. The van der Waals surface area contributed by atoms with Gasteiger partial charge in [-0.25, -0.2) is 13.4 Å². The number of sulfonamides is 1. The number of hydrogen-bond acceptors (Lipinski definition) is 4. The van der Waals surface area contributed by atoms with Gasteiger partial charge in [-0.05, 0) is 30.7 Å². The highest BCUT2D eigenvalue weighted by Gasteiger charge is 2.37. The Balaban J connectivity index is 1.94. The molecule has 1 aliphatic carbocycles. The topological polar surface area (TPSA) is 78.8 Å². The molecule has 2 aliphatic heterocycles. The number of allylic oxidation sites excluding steroid dienone is 3. The van der Waals surface area contributed by atoms with Crippen LogP contribution in [0.4, 0.5) is 0 Å². The molecule has 3 aliphatic rings. The summed E-state index contributed by atoms with van der Waals surface area (Å²) in [5.41, 5.74) is 0.899. The lowest BCUT2D eigenvalue weighted by molar-refractivity contribution is -0.114. The van der Waals surface area contributed by atoms with E-state index < -0.39 is 15.3 Å². The molecule has 1 N–H and O–H groups in total. The molecule has 7 heteroatoms. The van der Waals surface area contributed by atoms with Crippen molar-refractivity contribution in [3.63, 3.8) is 0 Å². The van der Waals surface area contributed by atoms with Gasteiger partial charge in [-0.15, -0.1) is 0 Å². The van der Waals surface area contributed by atoms with Crippen LogP contribution in [0, 0.1) is 0 Å². The van der Waals surface area contributed by atoms with Crippen LogP contribution in [-0.2, 0) is 14.8 Å². The second-order valence-electron chi connectivity index (χ2n) is 5.14. The highest BCUT2D eigenvalue weighted by Crippen LogP contribution is 2.29. The van der Waals surface area contributed by atoms with E-state index in [4.69, 9.17) is 0 Å². The Morgan fingerprint density at radius 2 is 2.10 bits per heavy atom. The Kier molecular flexibility index (Phi) is 3.88. The fourth-order valence-electron chi connectivity index (χ4n) is 2.74. The van der Waals surface area contributed by atoms with Gasteiger partial charge < -0.3 is 5.32 Å². The van der Waals surface area contributed by atoms with Crippen molar-refractivity contribution in [1.82, 2.24) is 9.62 Å². The number of nitrogens with zero attached hydrogens (tertiary/aromatic N) is 2. The van der Waals surface area contributed by atoms with Gasteiger partial charge in [0.2, 0.25) is 10.0 Å². The number of nitrogens with one attached hydrogen (secondary N) is 1. The van der Waals surface area contributed by atoms with E-state index >= 15 is 0 Å². The first kappa shape index (κ1) is 14.4. The summed E-state index contributed by atoms with van der Waals surface area (Å²) in [6.07, 6.45) is 8.67. The van der Waals surface area contributed by atoms with Gasteiger partial charge in [0.05, 0.1) is 0 Å². The Morgan fingerprint density at radius 1 is 1.24 bits per heavy atom. The molecule has 0 saturated carbocycles. The molecule has 3 rings (SSSR count). The molecule has 0 aromatic heterocycles. The lowest BCUT2D eigenvalue weighted by atomic mass is 9.95. The Labute approximate surface area is 124 Å². The van der Waals surface area contributed by atoms with E-state index in [1.165, 1.54) is 10.5 Å². The number of dihydropyridines is 1. The summed E-state index contributed by atoms with van der Waals surface area (Å²) in [6.45, 7) is 2.44. The predicted molar refractivity (Wildman–Crippen MR) is 80.6 cm³/mol. The third kappa shape index (κ3) is 2.64. The molecule has 2 heterocycles. The van der Waals surface area contributed by atoms with Gasteiger partial charge in [0.15, 0.2) is 0 Å². The van der Waals surface area contributed by atoms with E-state index in [0.29, 0.717) is 30.8 Å². The number of carbonyl (C=O) groups excluding carboxylic acids is 1. The fourth-order valence-corrected chi connectivity index (χ4v) is 4.60. The number of fused-ring (bicyclic) bond motifs is 1. The molecule has 1 amide bonds. The Morgan fingerprint density at radius 3 is 2.95 bits per heavy atom. The molecule has 0 bridgehead atoms. The first-order valence-corrected chi connectivity index (χ1v) is 8.48. The lowest BCUT2D eigenvalue weighted by Gasteiger charge is -2.28. The standard InChI is InChI=1S/C14H17N3O3S/c18-14-12-3-1-4-13(11(12)5-7-16-14)21(19,20)17-9-2-6-15-8-10-17/h1,3-5,7,13,15H,2,6,8-10H2. The predicted octanol–water partition coefficient (Wildman–Crippen LogP) is 0.0137. The van der Waals surface area contributed by atoms with Crippen molar-refractivity contribution in [1.29, 1.82) is 0 Å². The average molecular weight is 307 g/mol. The molecule has 0 spiro atoms. The van der Waals surface area contributed by atoms with E-state index in [1.807, 2.05) is 0 Å². The van der Waals surface area contributed by atoms with Crippen molar-refractivity contribution in [3.05, 3.63) is 35.5 Å². The first-order chi connectivity index (χ1) is 10.1. The third-order valence-electron chi connectivity index (χ3n) is 3.82. The molecule has 0 radical (unpaired) electrons. The molecule has 1 fully saturated rings. The highest BCUT2D eigenvalue weighted by molar-refractivity contribution is 7.90. The van der Waals surface area contributed by atoms with Crippen LogP contribution in [-0.4, -0.2) is 56.3 Å². The van der Waals surface area contributed by atoms with Crippen LogP contribution in [0.25, 0.3) is 0 Å². The van der Waals surface area contributed by atoms with Crippen molar-refractivity contribution in [2.24, 2.45) is 4.99 Å². The van der Waals surface area contributed by atoms with Gasteiger partial charge >= 0.3 is 0 Å². The summed E-state index contributed by atoms with van der Waals surface area (Å²) in [7, 11) is -3.52. The quantitative estimate of drug-likeness (QED) is 0.780. The monoisotopic (exact) mass is 307 g/mol. The second-order valence-corrected chi connectivity index (χ2v) is 7.19. The summed E-state index contributed by atoms with van der Waals surface area (Å²) in [6, 6.07) is 0. The molecular formula is C14H17N3O3S. The largest absolute Gasteiger partial charge is 0.315 e. The van der Waals surface area contributed by atoms with Crippen molar-refractivity contribution in [2.45, 2.75) is 11.7 Å². The maximum atomic E-state index is 12.9. The normalized spacial score (nSPS) is 26.9. The van der Waals surface area contributed by atoms with E-state index in [9.17, 15) is 13.2 Å². The lowest BCUT2D eigenvalue weighted by Crippen LogP contribution is -2.42. The Bertz CT molecular complexity index is 666. The number of aliphatic imine (C=N–C) groups is 1. The van der Waals surface area contributed by atoms with Gasteiger partial charge in [0.1, 0.15) is 5.25 Å². The van der Waals surface area contributed by atoms with Crippen molar-refractivity contribution in [3.8, 4) is 0 Å². The summed E-state index contributed by atoms with van der Waals surface area (Å²) < 4.78 is 27.3. The summed E-state index contributed by atoms with van der Waals surface area (Å²) >= 11 is 0. The molecule has 6 nitrogen and oxygen atoms in total. The summed E-state index contributed by atoms with van der Waals surface area (Å²) in [4.78, 5) is 15.5. The van der Waals surface area contributed by atoms with Crippen LogP contribution in [0.2, 0.25) is 0 Å². The zero-order chi connectivity index (χ0) is 14.9. The number of rotatable bonds is 2. The van der Waals surface area contributed by atoms with Gasteiger partial charge in [0, 0.05) is 31.4 Å². The number of hydrogen-bond donors (Lipinski definition) is 1. The molecule has 112 valence electrons. The zero-order valence-electron chi connectivity index (χ0n) is 11.5. The SMILES string of the molecule is O=C1N=CC=C2C1=CC=CC2S(=O)(=O)N1CCCNCC1. The van der Waals surface area contributed by atoms with E-state index in [1.54, 1.807) is 24.3 Å². The molecular weight excluding hydrogens is 290 g/mol. The average Bonchev–Trinajstić information content (AvgIpc) is 2.77. The fraction of sp³-hybridized carbons (Fsp3) is 0.429. The summed E-state index contributed by atoms with van der Waals surface area (Å²) in [5.74, 6) is -0.380. The van der Waals surface area contributed by atoms with Crippen molar-refractivity contribution < 1.29 is 13.2 Å². The minimum Gasteiger partial charge on any atom is -0.315 e. The van der Waals surface area contributed by atoms with E-state index in [2.05, 4.69) is 10.3 Å². The molecule has 0 aromatic carbocycles. The van der Waals surface area contributed by atoms with Crippen LogP contribution < -0.4 is 5.32 Å². The van der Waals surface area contributed by atoms with Gasteiger partial charge in [-0.1, -0.05) is 12.2 Å². The van der Waals surface area contributed by atoms with Crippen LogP contribution in [0.15, 0.2) is 40.4 Å². The maximum absolute atomic E-state index is 12.9. The zero-order valence-corrected chi connectivity index (χ0v) is 12.3. The highest BCUT2D eigenvalue weighted by atomic mass is 32.2. The van der Waals surface area contributed by atoms with Crippen molar-refractivity contribution >= 4 is 22.1 Å². The smallest absolute Gasteiger partial charge is 0.277 e. The minimum absolute atomic E-state index is 0.376. The van der Waals surface area contributed by atoms with Gasteiger partial charge in [-0.3, -0.25) is 4.79 Å². The molecule has 1 atom stereocenters. The third-order valence-corrected chi connectivity index (χ3v) is 5.96. The van der Waals surface area contributed by atoms with Crippen LogP contribution in [0.3, 0.4) is 0 Å². The maximum Gasteiger partial charge on any atom is 0.277 e. The van der Waals surface area contributed by atoms with Gasteiger partial charge in [-0.2, -0.15) is 4.31 Å². The van der Waals surface area contributed by atoms with Crippen LogP contribution in [0.5, 0.6) is 0 Å². The first-order valence-electron chi connectivity index (χ1n) is 6.98. The Hall–Kier alpha value is -1.57. The van der Waals surface area contributed by atoms with Crippen LogP contribution in [0.1, 0.15) is 6.42 Å². The number of carbonyl (C=O) groups is 1. The van der Waals surface area contributed by atoms with E-state index in [-0.39, 0.29) is 5.91 Å².